The van der Waals surface area contributed by atoms with Gasteiger partial charge < -0.3 is 8.99 Å². The summed E-state index contributed by atoms with van der Waals surface area (Å²) in [6, 6.07) is 6.51. The van der Waals surface area contributed by atoms with Crippen LogP contribution in [0.3, 0.4) is 0 Å². The maximum atomic E-state index is 14.1. The van der Waals surface area contributed by atoms with Crippen LogP contribution in [0.2, 0.25) is 18.1 Å². The van der Waals surface area contributed by atoms with E-state index in [4.69, 9.17) is 9.69 Å². The molecule has 0 aliphatic rings. The molecule has 0 aliphatic heterocycles. The van der Waals surface area contributed by atoms with Crippen LogP contribution in [-0.4, -0.2) is 24.5 Å². The molecule has 134 valence electrons. The third kappa shape index (κ3) is 4.77. The molecule has 0 bridgehead atoms. The molecule has 0 N–H and O–H groups in total. The molecule has 0 saturated heterocycles. The van der Waals surface area contributed by atoms with E-state index in [-0.39, 0.29) is 10.9 Å². The second-order valence-electron chi connectivity index (χ2n) is 7.79. The standard InChI is InChI=1S/C19H26FN3OSi/c1-19(2,3)25(4,5)24-9-8-17-12-22-14-23(17)13-16-7-6-15(11-21)10-18(16)20/h6-7,10,12,14H,8-9,13H2,1-5H3. The summed E-state index contributed by atoms with van der Waals surface area (Å²) >= 11 is 0. The van der Waals surface area contributed by atoms with Crippen LogP contribution in [0, 0.1) is 17.1 Å². The highest BCUT2D eigenvalue weighted by Gasteiger charge is 2.36. The number of benzene rings is 1. The fourth-order valence-corrected chi connectivity index (χ4v) is 3.30. The van der Waals surface area contributed by atoms with E-state index in [1.165, 1.54) is 6.07 Å². The molecular formula is C19H26FN3OSi. The maximum absolute atomic E-state index is 14.1. The van der Waals surface area contributed by atoms with Gasteiger partial charge in [0.2, 0.25) is 0 Å². The van der Waals surface area contributed by atoms with Crippen molar-refractivity contribution in [2.75, 3.05) is 6.61 Å². The molecule has 4 nitrogen and oxygen atoms in total. The maximum Gasteiger partial charge on any atom is 0.191 e. The number of hydrogen-bond donors (Lipinski definition) is 0. The van der Waals surface area contributed by atoms with Crippen LogP contribution in [0.1, 0.15) is 37.6 Å². The van der Waals surface area contributed by atoms with Gasteiger partial charge in [-0.15, -0.1) is 0 Å². The summed E-state index contributed by atoms with van der Waals surface area (Å²) in [6.07, 6.45) is 4.25. The van der Waals surface area contributed by atoms with E-state index in [9.17, 15) is 4.39 Å². The first-order valence-electron chi connectivity index (χ1n) is 8.45. The lowest BCUT2D eigenvalue weighted by Gasteiger charge is -2.36. The van der Waals surface area contributed by atoms with Crippen molar-refractivity contribution >= 4 is 8.32 Å². The van der Waals surface area contributed by atoms with Gasteiger partial charge in [0.05, 0.1) is 24.5 Å². The fraction of sp³-hybridized carbons (Fsp3) is 0.474. The highest BCUT2D eigenvalue weighted by Crippen LogP contribution is 2.36. The molecular weight excluding hydrogens is 333 g/mol. The van der Waals surface area contributed by atoms with E-state index in [0.29, 0.717) is 24.3 Å². The predicted octanol–water partition coefficient (Wildman–Crippen LogP) is 4.51. The zero-order valence-corrected chi connectivity index (χ0v) is 16.6. The van der Waals surface area contributed by atoms with Gasteiger partial charge in [0.25, 0.3) is 0 Å². The lowest BCUT2D eigenvalue weighted by molar-refractivity contribution is 0.289. The first-order valence-corrected chi connectivity index (χ1v) is 11.4. The van der Waals surface area contributed by atoms with Crippen molar-refractivity contribution in [2.45, 2.75) is 51.9 Å². The number of halogens is 1. The summed E-state index contributed by atoms with van der Waals surface area (Å²) in [4.78, 5) is 4.19. The Kier molecular flexibility index (Phi) is 5.81. The van der Waals surface area contributed by atoms with Gasteiger partial charge in [-0.05, 0) is 30.3 Å². The van der Waals surface area contributed by atoms with Gasteiger partial charge in [0, 0.05) is 30.5 Å². The Morgan fingerprint density at radius 1 is 1.32 bits per heavy atom. The van der Waals surface area contributed by atoms with Crippen LogP contribution in [0.15, 0.2) is 30.7 Å². The van der Waals surface area contributed by atoms with Gasteiger partial charge in [-0.2, -0.15) is 5.26 Å². The number of aromatic nitrogens is 2. The Morgan fingerprint density at radius 3 is 2.64 bits per heavy atom. The van der Waals surface area contributed by atoms with Gasteiger partial charge in [-0.3, -0.25) is 0 Å². The molecule has 0 unspecified atom stereocenters. The van der Waals surface area contributed by atoms with Crippen molar-refractivity contribution in [2.24, 2.45) is 0 Å². The van der Waals surface area contributed by atoms with Crippen molar-refractivity contribution in [1.82, 2.24) is 9.55 Å². The van der Waals surface area contributed by atoms with Gasteiger partial charge in [-0.25, -0.2) is 9.37 Å². The third-order valence-electron chi connectivity index (χ3n) is 4.95. The zero-order valence-electron chi connectivity index (χ0n) is 15.6. The van der Waals surface area contributed by atoms with Crippen LogP contribution in [-0.2, 0) is 17.4 Å². The SMILES string of the molecule is CC(C)(C)[Si](C)(C)OCCc1cncn1Cc1ccc(C#N)cc1F. The van der Waals surface area contributed by atoms with E-state index in [2.05, 4.69) is 38.8 Å². The lowest BCUT2D eigenvalue weighted by Crippen LogP contribution is -2.41. The number of rotatable bonds is 6. The molecule has 25 heavy (non-hydrogen) atoms. The van der Waals surface area contributed by atoms with Gasteiger partial charge >= 0.3 is 0 Å². The van der Waals surface area contributed by atoms with Crippen molar-refractivity contribution in [3.63, 3.8) is 0 Å². The van der Waals surface area contributed by atoms with Crippen molar-refractivity contribution in [3.05, 3.63) is 53.4 Å². The Bertz CT molecular complexity index is 772. The molecule has 2 aromatic rings. The zero-order chi connectivity index (χ0) is 18.7. The average molecular weight is 360 g/mol. The largest absolute Gasteiger partial charge is 0.416 e. The lowest BCUT2D eigenvalue weighted by atomic mass is 10.1. The van der Waals surface area contributed by atoms with E-state index in [1.807, 2.05) is 10.6 Å². The summed E-state index contributed by atoms with van der Waals surface area (Å²) in [5.41, 5.74) is 1.89. The molecule has 1 aromatic heterocycles. The molecule has 1 heterocycles. The fourth-order valence-electron chi connectivity index (χ4n) is 2.25. The molecule has 0 aliphatic carbocycles. The molecule has 1 aromatic carbocycles. The first kappa shape index (κ1) is 19.4. The van der Waals surface area contributed by atoms with E-state index >= 15 is 0 Å². The monoisotopic (exact) mass is 359 g/mol. The second kappa shape index (κ2) is 7.50. The first-order chi connectivity index (χ1) is 11.6. The Morgan fingerprint density at radius 2 is 2.04 bits per heavy atom. The van der Waals surface area contributed by atoms with Crippen LogP contribution < -0.4 is 0 Å². The second-order valence-corrected chi connectivity index (χ2v) is 12.6. The Balaban J connectivity index is 2.03. The van der Waals surface area contributed by atoms with Gasteiger partial charge in [-0.1, -0.05) is 26.8 Å². The summed E-state index contributed by atoms with van der Waals surface area (Å²) in [6.45, 7) is 12.2. The average Bonchev–Trinajstić information content (AvgIpc) is 2.95. The minimum absolute atomic E-state index is 0.179. The summed E-state index contributed by atoms with van der Waals surface area (Å²) < 4.78 is 22.2. The third-order valence-corrected chi connectivity index (χ3v) is 9.49. The number of hydrogen-bond acceptors (Lipinski definition) is 3. The number of nitriles is 1. The minimum atomic E-state index is -1.77. The topological polar surface area (TPSA) is 50.8 Å². The van der Waals surface area contributed by atoms with Crippen LogP contribution in [0.5, 0.6) is 0 Å². The molecule has 6 heteroatoms. The molecule has 0 fully saturated rings. The van der Waals surface area contributed by atoms with Crippen molar-refractivity contribution in [1.29, 1.82) is 5.26 Å². The Labute approximate surface area is 150 Å². The highest BCUT2D eigenvalue weighted by atomic mass is 28.4. The number of imidazole rings is 1. The summed E-state index contributed by atoms with van der Waals surface area (Å²) in [5, 5.41) is 9.01. The molecule has 2 rings (SSSR count). The quantitative estimate of drug-likeness (QED) is 0.713. The molecule has 0 amide bonds. The molecule has 0 radical (unpaired) electrons. The van der Waals surface area contributed by atoms with Gasteiger partial charge in [0.1, 0.15) is 5.82 Å². The van der Waals surface area contributed by atoms with Crippen molar-refractivity contribution < 1.29 is 8.82 Å². The predicted molar refractivity (Wildman–Crippen MR) is 99.3 cm³/mol. The highest BCUT2D eigenvalue weighted by molar-refractivity contribution is 6.74. The minimum Gasteiger partial charge on any atom is -0.416 e. The van der Waals surface area contributed by atoms with Crippen LogP contribution in [0.4, 0.5) is 4.39 Å². The number of nitrogens with zero attached hydrogens (tertiary/aromatic N) is 3. The Hall–Kier alpha value is -1.97. The molecule has 0 atom stereocenters. The summed E-state index contributed by atoms with van der Waals surface area (Å²) in [7, 11) is -1.77. The van der Waals surface area contributed by atoms with Gasteiger partial charge in [0.15, 0.2) is 8.32 Å². The van der Waals surface area contributed by atoms with E-state index in [1.54, 1.807) is 24.7 Å². The summed E-state index contributed by atoms with van der Waals surface area (Å²) in [5.74, 6) is -0.365. The normalized spacial score (nSPS) is 12.2. The van der Waals surface area contributed by atoms with E-state index < -0.39 is 8.32 Å². The van der Waals surface area contributed by atoms with Crippen molar-refractivity contribution in [3.8, 4) is 6.07 Å². The molecule has 0 saturated carbocycles. The molecule has 0 spiro atoms. The smallest absolute Gasteiger partial charge is 0.191 e. The van der Waals surface area contributed by atoms with E-state index in [0.717, 1.165) is 12.1 Å². The van der Waals surface area contributed by atoms with Crippen LogP contribution in [0.25, 0.3) is 0 Å². The van der Waals surface area contributed by atoms with Crippen LogP contribution >= 0.6 is 0 Å².